The monoisotopic (exact) mass is 1690 g/mol. The van der Waals surface area contributed by atoms with Gasteiger partial charge in [-0.3, -0.25) is 22.7 Å². The predicted octanol–water partition coefficient (Wildman–Crippen LogP) is -4.43. The predicted molar refractivity (Wildman–Crippen MR) is 325 cm³/mol. The van der Waals surface area contributed by atoms with Gasteiger partial charge in [0.1, 0.15) is 74.1 Å². The van der Waals surface area contributed by atoms with Gasteiger partial charge in [-0.05, 0) is 46.8 Å². The first-order chi connectivity index (χ1) is 47.0. The Labute approximate surface area is 576 Å². The number of hydrogen-bond acceptors (Lipinski definition) is 37. The van der Waals surface area contributed by atoms with E-state index in [1.807, 2.05) is 35.5 Å². The lowest BCUT2D eigenvalue weighted by Crippen LogP contribution is -2.49. The molecule has 3 aliphatic rings. The number of aliphatic hydroxyl groups is 6. The summed E-state index contributed by atoms with van der Waals surface area (Å²) in [7, 11) is -51.4. The molecule has 104 heavy (non-hydrogen) atoms. The summed E-state index contributed by atoms with van der Waals surface area (Å²) in [5, 5.41) is 68.3. The average molecular weight is 1690 g/mol. The smallest absolute Gasteiger partial charge is 0.386 e. The second-order valence-corrected chi connectivity index (χ2v) is 33.7. The Balaban J connectivity index is 0.000000330. The Bertz CT molecular complexity index is 4330. The summed E-state index contributed by atoms with van der Waals surface area (Å²) >= 11 is 0. The van der Waals surface area contributed by atoms with Crippen LogP contribution in [-0.2, 0) is 94.7 Å². The summed E-state index contributed by atoms with van der Waals surface area (Å²) in [6, 6.07) is 2.39. The third kappa shape index (κ3) is 24.9. The van der Waals surface area contributed by atoms with Crippen LogP contribution in [-0.4, -0.2) is 215 Å². The van der Waals surface area contributed by atoms with E-state index in [-0.39, 0.29) is 28.8 Å². The van der Waals surface area contributed by atoms with Gasteiger partial charge < -0.3 is 121 Å². The van der Waals surface area contributed by atoms with Crippen LogP contribution in [0, 0.1) is 49.4 Å². The number of anilines is 3. The number of aromatic nitrogens is 7. The molecule has 3 fully saturated rings. The maximum atomic E-state index is 12.7. The molecule has 0 aliphatic carbocycles. The number of ether oxygens (including phenoxy) is 3. The van der Waals surface area contributed by atoms with Gasteiger partial charge in [-0.25, -0.2) is 68.6 Å². The van der Waals surface area contributed by atoms with Gasteiger partial charge in [-0.15, -0.1) is 0 Å². The van der Waals surface area contributed by atoms with Crippen molar-refractivity contribution >= 4 is 87.9 Å². The molecular weight excluding hydrogens is 1630 g/mol. The Morgan fingerprint density at radius 3 is 0.971 bits per heavy atom. The van der Waals surface area contributed by atoms with E-state index in [1.54, 1.807) is 0 Å². The molecule has 588 valence electrons. The van der Waals surface area contributed by atoms with Crippen molar-refractivity contribution in [3.8, 4) is 35.5 Å². The Hall–Kier alpha value is -4.69. The highest BCUT2D eigenvalue weighted by Crippen LogP contribution is 2.69. The first kappa shape index (κ1) is 91.7. The Kier molecular flexibility index (Phi) is 30.4. The first-order valence-corrected chi connectivity index (χ1v) is 40.4. The molecule has 21 atom stereocenters. The quantitative estimate of drug-likeness (QED) is 0.0297. The number of aliphatic hydroxyl groups excluding tert-OH is 3. The molecule has 0 radical (unpaired) electrons. The van der Waals surface area contributed by atoms with Crippen molar-refractivity contribution in [3.63, 3.8) is 0 Å². The number of rotatable bonds is 24. The second kappa shape index (κ2) is 34.5. The standard InChI is InChI=1S/2C14H21FN3O14P3.C12H18FN4O14P3/c2*1-7-6-9(16)17-13(20)18(7)12-14(21,4-3-5-15)11(19)10(29-12)8(2)30-34(25,26)32-35(27,28)31-33(22,23)24;1-6(29-33(24,25)31-34(26,27)30-32(21,22)23)8-9(18)12(20,3-2-4-13)10(28-8)17-11(19)16-7(14)5-15-17/h2*6,8,10-12,19,21H,5H2,1-2H3,(H,25,26)(H,27,28)(H2,16,17,20)(H2,22,23,24);5-6,8-10,18,20H,4H2,1H3,(H,24,25)(H,26,27)(H2,14,16,19)(H2,21,22,23)/t8-,10+,11-,12+,14?;8-,10-,11+,12-,14?;6-,8-,9+,10-,12?/m011/s1. The van der Waals surface area contributed by atoms with Crippen molar-refractivity contribution in [2.45, 2.75) is 125 Å². The third-order valence-electron chi connectivity index (χ3n) is 12.6. The molecule has 3 aromatic rings. The van der Waals surface area contributed by atoms with E-state index in [9.17, 15) is 129 Å². The second-order valence-electron chi connectivity index (χ2n) is 20.5. The molecule has 24 N–H and O–H groups in total. The first-order valence-electron chi connectivity index (χ1n) is 26.8. The van der Waals surface area contributed by atoms with Gasteiger partial charge in [0.05, 0.1) is 24.5 Å². The largest absolute Gasteiger partial charge is 0.490 e. The summed E-state index contributed by atoms with van der Waals surface area (Å²) < 4.78 is 194. The van der Waals surface area contributed by atoms with Crippen LogP contribution >= 0.6 is 70.4 Å². The zero-order chi connectivity index (χ0) is 80.1. The molecule has 0 bridgehead atoms. The number of phosphoric ester groups is 3. The molecule has 6 rings (SSSR count). The number of aryl methyl sites for hydroxylation is 2. The van der Waals surface area contributed by atoms with Crippen LogP contribution < -0.4 is 34.3 Å². The van der Waals surface area contributed by atoms with E-state index in [0.29, 0.717) is 13.8 Å². The molecule has 64 heteroatoms. The number of phosphoric acid groups is 9. The average Bonchev–Trinajstić information content (AvgIpc) is 1.60. The minimum Gasteiger partial charge on any atom is -0.386 e. The minimum atomic E-state index is -5.84. The summed E-state index contributed by atoms with van der Waals surface area (Å²) in [5.74, 6) is 10.8. The van der Waals surface area contributed by atoms with Gasteiger partial charge in [0.25, 0.3) is 0 Å². The molecule has 0 saturated carbocycles. The van der Waals surface area contributed by atoms with Crippen LogP contribution in [0.1, 0.15) is 50.8 Å². The van der Waals surface area contributed by atoms with Gasteiger partial charge in [-0.1, -0.05) is 35.5 Å². The number of nitrogens with zero attached hydrogens (tertiary/aromatic N) is 7. The third-order valence-corrected chi connectivity index (χ3v) is 24.4. The van der Waals surface area contributed by atoms with Crippen LogP contribution in [0.3, 0.4) is 0 Å². The summed E-state index contributed by atoms with van der Waals surface area (Å²) in [6.07, 6.45) is -22.3. The summed E-state index contributed by atoms with van der Waals surface area (Å²) in [4.78, 5) is 155. The van der Waals surface area contributed by atoms with E-state index >= 15 is 0 Å². The Morgan fingerprint density at radius 2 is 0.721 bits per heavy atom. The lowest BCUT2D eigenvalue weighted by molar-refractivity contribution is -0.0932. The van der Waals surface area contributed by atoms with Gasteiger partial charge in [-0.2, -0.15) is 50.6 Å². The fourth-order valence-electron chi connectivity index (χ4n) is 9.03. The van der Waals surface area contributed by atoms with Crippen molar-refractivity contribution < 1.29 is 197 Å². The van der Waals surface area contributed by atoms with Gasteiger partial charge in [0, 0.05) is 11.4 Å². The molecule has 3 aliphatic heterocycles. The fraction of sp³-hybridized carbons (Fsp3) is 0.575. The normalized spacial score (nSPS) is 29.2. The van der Waals surface area contributed by atoms with Gasteiger partial charge in [0.15, 0.2) is 29.9 Å². The summed E-state index contributed by atoms with van der Waals surface area (Å²) in [6.45, 7) is 1.67. The Morgan fingerprint density at radius 1 is 0.462 bits per heavy atom. The molecule has 0 aromatic carbocycles. The zero-order valence-electron chi connectivity index (χ0n) is 52.2. The van der Waals surface area contributed by atoms with E-state index in [2.05, 4.69) is 59.5 Å². The van der Waals surface area contributed by atoms with Gasteiger partial charge >= 0.3 is 87.5 Å². The molecule has 3 aromatic heterocycles. The molecule has 0 amide bonds. The number of halogens is 3. The van der Waals surface area contributed by atoms with Crippen LogP contribution in [0.15, 0.2) is 32.7 Å². The number of nitrogen functional groups attached to an aromatic ring is 3. The van der Waals surface area contributed by atoms with Crippen LogP contribution in [0.2, 0.25) is 0 Å². The van der Waals surface area contributed by atoms with Crippen molar-refractivity contribution in [2.75, 3.05) is 37.2 Å². The molecule has 3 saturated heterocycles. The molecular formula is C40H60F3N10O42P9. The highest BCUT2D eigenvalue weighted by atomic mass is 31.3. The highest BCUT2D eigenvalue weighted by Gasteiger charge is 2.62. The molecule has 52 nitrogen and oxygen atoms in total. The van der Waals surface area contributed by atoms with Gasteiger partial charge in [0.2, 0.25) is 5.60 Å². The van der Waals surface area contributed by atoms with E-state index < -0.39 is 198 Å². The molecule has 6 heterocycles. The maximum absolute atomic E-state index is 12.7. The zero-order valence-corrected chi connectivity index (χ0v) is 60.2. The van der Waals surface area contributed by atoms with Crippen LogP contribution in [0.25, 0.3) is 0 Å². The lowest BCUT2D eigenvalue weighted by atomic mass is 9.92. The number of nitrogens with two attached hydrogens (primary N) is 3. The van der Waals surface area contributed by atoms with E-state index in [0.717, 1.165) is 27.0 Å². The number of alkyl halides is 3. The minimum absolute atomic E-state index is 0.0568. The van der Waals surface area contributed by atoms with E-state index in [4.69, 9.17) is 60.8 Å². The molecule has 9 unspecified atom stereocenters. The summed E-state index contributed by atoms with van der Waals surface area (Å²) in [5.41, 5.74) is 4.89. The van der Waals surface area contributed by atoms with Crippen LogP contribution in [0.4, 0.5) is 30.6 Å². The maximum Gasteiger partial charge on any atom is 0.490 e. The molecule has 0 spiro atoms. The topological polar surface area (TPSA) is 824 Å². The lowest BCUT2D eigenvalue weighted by Gasteiger charge is -2.28. The number of hydrogen-bond donors (Lipinski definition) is 21. The highest BCUT2D eigenvalue weighted by molar-refractivity contribution is 7.67. The SMILES string of the molecule is C[C@@H](OP(=O)(O)OP(=O)(O)OP(=O)(O)O)[C@H]1O[C@@H](n2ncc(N)nc2=O)C(O)(C#CCF)[C@H]1O.Cc1cc(N)nc(=O)n1[C@@H]1O[C@H]([C@@H](C)OP(=O)(O)OP(=O)(O)OP(=O)(O)O)[C@H](O)C1(O)C#CCF.Cc1cc(N)nc(=O)n1[C@@H]1O[C@H]([C@H](C)OP(=O)(O)OP(=O)(O)OP(=O)(O)O)[C@H](O)C1(O)C#CCF. The van der Waals surface area contributed by atoms with E-state index in [1.165, 1.54) is 26.0 Å². The van der Waals surface area contributed by atoms with Crippen molar-refractivity contribution in [2.24, 2.45) is 0 Å². The van der Waals surface area contributed by atoms with Crippen molar-refractivity contribution in [3.05, 3.63) is 61.2 Å². The fourth-order valence-corrected chi connectivity index (χ4v) is 18.6. The van der Waals surface area contributed by atoms with Crippen LogP contribution in [0.5, 0.6) is 0 Å². The van der Waals surface area contributed by atoms with Crippen molar-refractivity contribution in [1.82, 2.24) is 33.9 Å². The van der Waals surface area contributed by atoms with Crippen molar-refractivity contribution in [1.29, 1.82) is 0 Å².